The Morgan fingerprint density at radius 2 is 1.72 bits per heavy atom. The van der Waals surface area contributed by atoms with Gasteiger partial charge in [0.05, 0.1) is 17.5 Å². The van der Waals surface area contributed by atoms with E-state index in [9.17, 15) is 14.0 Å². The molecule has 0 bridgehead atoms. The molecule has 2 fully saturated rings. The first-order valence-corrected chi connectivity index (χ1v) is 17.8. The van der Waals surface area contributed by atoms with Crippen molar-refractivity contribution in [3.05, 3.63) is 100 Å². The predicted molar refractivity (Wildman–Crippen MR) is 186 cm³/mol. The summed E-state index contributed by atoms with van der Waals surface area (Å²) >= 11 is 4.95. The van der Waals surface area contributed by atoms with Crippen LogP contribution >= 0.6 is 27.7 Å². The molecule has 6 rings (SSSR count). The highest BCUT2D eigenvalue weighted by atomic mass is 79.9. The Hall–Kier alpha value is -3.54. The van der Waals surface area contributed by atoms with E-state index >= 15 is 0 Å². The van der Waals surface area contributed by atoms with E-state index in [0.29, 0.717) is 44.1 Å². The molecule has 47 heavy (non-hydrogen) atoms. The number of anilines is 1. The van der Waals surface area contributed by atoms with Crippen LogP contribution in [-0.4, -0.2) is 68.3 Å². The summed E-state index contributed by atoms with van der Waals surface area (Å²) in [5.74, 6) is -0.138. The minimum Gasteiger partial charge on any atom is -0.335 e. The lowest BCUT2D eigenvalue weighted by Gasteiger charge is -2.44. The van der Waals surface area contributed by atoms with E-state index in [-0.39, 0.29) is 23.9 Å². The van der Waals surface area contributed by atoms with Gasteiger partial charge in [-0.1, -0.05) is 58.9 Å². The molecule has 4 aromatic rings. The molecule has 3 aromatic carbocycles. The molecule has 246 valence electrons. The van der Waals surface area contributed by atoms with Gasteiger partial charge in [-0.3, -0.25) is 14.5 Å². The van der Waals surface area contributed by atoms with Gasteiger partial charge in [0.1, 0.15) is 11.9 Å². The second-order valence-electron chi connectivity index (χ2n) is 12.9. The Bertz CT molecular complexity index is 1720. The Morgan fingerprint density at radius 3 is 2.40 bits per heavy atom. The number of carbonyl (C=O) groups excluding carboxylic acids is 2. The van der Waals surface area contributed by atoms with Crippen LogP contribution in [0.4, 0.5) is 10.1 Å². The van der Waals surface area contributed by atoms with E-state index in [1.54, 1.807) is 10.7 Å². The number of rotatable bonds is 8. The van der Waals surface area contributed by atoms with Gasteiger partial charge in [-0.2, -0.15) is 0 Å². The highest BCUT2D eigenvalue weighted by molar-refractivity contribution is 9.10. The monoisotopic (exact) mass is 718 g/mol. The molecule has 11 heteroatoms. The van der Waals surface area contributed by atoms with E-state index in [2.05, 4.69) is 83.1 Å². The lowest BCUT2D eigenvalue weighted by molar-refractivity contribution is -0.123. The first-order chi connectivity index (χ1) is 22.6. The number of halogens is 2. The average molecular weight is 720 g/mol. The number of hydrogen-bond donors (Lipinski definition) is 0. The highest BCUT2D eigenvalue weighted by Gasteiger charge is 2.35. The van der Waals surface area contributed by atoms with E-state index in [1.807, 2.05) is 40.3 Å². The summed E-state index contributed by atoms with van der Waals surface area (Å²) in [5, 5.41) is 8.82. The van der Waals surface area contributed by atoms with E-state index in [4.69, 9.17) is 0 Å². The summed E-state index contributed by atoms with van der Waals surface area (Å²) in [6.07, 6.45) is 3.47. The molecule has 0 radical (unpaired) electrons. The molecule has 1 aromatic heterocycles. The molecule has 2 amide bonds. The quantitative estimate of drug-likeness (QED) is 0.187. The van der Waals surface area contributed by atoms with Gasteiger partial charge in [0.15, 0.2) is 0 Å². The molecule has 0 saturated carbocycles. The van der Waals surface area contributed by atoms with Gasteiger partial charge in [-0.15, -0.1) is 5.10 Å². The van der Waals surface area contributed by atoms with Crippen molar-refractivity contribution >= 4 is 45.2 Å². The van der Waals surface area contributed by atoms with Crippen molar-refractivity contribution in [1.82, 2.24) is 24.8 Å². The fourth-order valence-electron chi connectivity index (χ4n) is 6.51. The largest absolute Gasteiger partial charge is 0.335 e. The van der Waals surface area contributed by atoms with Crippen LogP contribution in [0.3, 0.4) is 0 Å². The van der Waals surface area contributed by atoms with Gasteiger partial charge in [-0.05, 0) is 92.8 Å². The summed E-state index contributed by atoms with van der Waals surface area (Å²) < 4.78 is 17.1. The highest BCUT2D eigenvalue weighted by Crippen LogP contribution is 2.34. The van der Waals surface area contributed by atoms with Crippen LogP contribution in [-0.2, 0) is 11.3 Å². The lowest BCUT2D eigenvalue weighted by Crippen LogP contribution is -2.57. The fraction of sp³-hybridized carbons (Fsp3) is 0.389. The van der Waals surface area contributed by atoms with Crippen molar-refractivity contribution in [2.75, 3.05) is 24.5 Å². The smallest absolute Gasteiger partial charge is 0.255 e. The van der Waals surface area contributed by atoms with Crippen molar-refractivity contribution < 1.29 is 14.0 Å². The molecule has 3 atom stereocenters. The van der Waals surface area contributed by atoms with Crippen molar-refractivity contribution in [1.29, 1.82) is 0 Å². The number of piperazine rings is 1. The van der Waals surface area contributed by atoms with E-state index < -0.39 is 11.9 Å². The zero-order valence-electron chi connectivity index (χ0n) is 27.1. The van der Waals surface area contributed by atoms with Gasteiger partial charge < -0.3 is 9.80 Å². The fourth-order valence-corrected chi connectivity index (χ4v) is 7.70. The standard InChI is InChI=1S/C36H40BrFN6O2S/c1-23(2)26-7-14-31(15-8-26)47-34-16-11-28(38)18-32(34)35(45)41-19-24(3)43(25(4)20-41)21-29-22-44(40-39-29)33-6-5-17-42(36(33)46)30-12-9-27(37)10-13-30/h7-16,18,22-25,33H,5-6,17,19-21H2,1-4H3/t24-,25+,33?. The van der Waals surface area contributed by atoms with Crippen molar-refractivity contribution in [3.63, 3.8) is 0 Å². The zero-order valence-corrected chi connectivity index (χ0v) is 29.5. The number of amides is 2. The number of benzene rings is 3. The first-order valence-electron chi connectivity index (χ1n) is 16.2. The zero-order chi connectivity index (χ0) is 33.2. The van der Waals surface area contributed by atoms with Crippen LogP contribution in [0.25, 0.3) is 0 Å². The summed E-state index contributed by atoms with van der Waals surface area (Å²) in [4.78, 5) is 35.1. The van der Waals surface area contributed by atoms with E-state index in [1.165, 1.54) is 29.5 Å². The molecule has 3 heterocycles. The van der Waals surface area contributed by atoms with Gasteiger partial charge in [-0.25, -0.2) is 9.07 Å². The summed E-state index contributed by atoms with van der Waals surface area (Å²) in [6, 6.07) is 20.2. The lowest BCUT2D eigenvalue weighted by atomic mass is 10.0. The van der Waals surface area contributed by atoms with Crippen LogP contribution in [0, 0.1) is 5.82 Å². The predicted octanol–water partition coefficient (Wildman–Crippen LogP) is 7.56. The molecule has 2 aliphatic heterocycles. The maximum Gasteiger partial charge on any atom is 0.255 e. The van der Waals surface area contributed by atoms with Gasteiger partial charge in [0.2, 0.25) is 0 Å². The summed E-state index contributed by atoms with van der Waals surface area (Å²) in [5.41, 5.74) is 3.29. The summed E-state index contributed by atoms with van der Waals surface area (Å²) in [6.45, 7) is 10.7. The van der Waals surface area contributed by atoms with Crippen LogP contribution in [0.2, 0.25) is 0 Å². The second kappa shape index (κ2) is 14.3. The maximum absolute atomic E-state index is 14.5. The SMILES string of the molecule is CC(C)c1ccc(Sc2ccc(F)cc2C(=O)N2C[C@@H](C)N(Cc3cn(C4CCCN(c5ccc(Br)cc5)C4=O)nn3)[C@@H](C)C2)cc1. The minimum atomic E-state index is -0.424. The second-order valence-corrected chi connectivity index (χ2v) is 14.9. The van der Waals surface area contributed by atoms with E-state index in [0.717, 1.165) is 32.1 Å². The van der Waals surface area contributed by atoms with Crippen molar-refractivity contribution in [2.45, 2.75) is 80.9 Å². The third-order valence-electron chi connectivity index (χ3n) is 9.11. The van der Waals surface area contributed by atoms with Gasteiger partial charge >= 0.3 is 0 Å². The Balaban J connectivity index is 1.11. The Labute approximate surface area is 288 Å². The number of carbonyl (C=O) groups is 2. The summed E-state index contributed by atoms with van der Waals surface area (Å²) in [7, 11) is 0. The van der Waals surface area contributed by atoms with Crippen molar-refractivity contribution in [2.24, 2.45) is 0 Å². The number of hydrogen-bond acceptors (Lipinski definition) is 6. The van der Waals surface area contributed by atoms with Crippen LogP contribution < -0.4 is 4.90 Å². The normalized spacial score (nSPS) is 20.7. The number of aromatic nitrogens is 3. The average Bonchev–Trinajstić information content (AvgIpc) is 3.52. The first kappa shape index (κ1) is 33.4. The van der Waals surface area contributed by atoms with Crippen molar-refractivity contribution in [3.8, 4) is 0 Å². The third-order valence-corrected chi connectivity index (χ3v) is 10.7. The third kappa shape index (κ3) is 7.47. The molecule has 1 unspecified atom stereocenters. The molecule has 0 aliphatic carbocycles. The van der Waals surface area contributed by atoms with Crippen LogP contribution in [0.5, 0.6) is 0 Å². The molecule has 2 saturated heterocycles. The molecule has 2 aliphatic rings. The number of nitrogens with zero attached hydrogens (tertiary/aromatic N) is 6. The molecule has 8 nitrogen and oxygen atoms in total. The van der Waals surface area contributed by atoms with Gasteiger partial charge in [0, 0.05) is 58.2 Å². The van der Waals surface area contributed by atoms with Crippen LogP contribution in [0.15, 0.2) is 87.2 Å². The van der Waals surface area contributed by atoms with Gasteiger partial charge in [0.25, 0.3) is 11.8 Å². The molecule has 0 spiro atoms. The Kier molecular flexibility index (Phi) is 10.1. The van der Waals surface area contributed by atoms with Crippen LogP contribution in [0.1, 0.15) is 74.1 Å². The molecule has 0 N–H and O–H groups in total. The molecular weight excluding hydrogens is 679 g/mol. The minimum absolute atomic E-state index is 0.0198. The molecular formula is C36H40BrFN6O2S. The Morgan fingerprint density at radius 1 is 1.02 bits per heavy atom. The topological polar surface area (TPSA) is 74.6 Å². The number of piperidine rings is 1. The maximum atomic E-state index is 14.5.